The Labute approximate surface area is 122 Å². The van der Waals surface area contributed by atoms with Crippen molar-refractivity contribution in [2.75, 3.05) is 23.8 Å². The molecule has 0 aromatic carbocycles. The maximum absolute atomic E-state index is 4.83. The molecule has 1 heterocycles. The van der Waals surface area contributed by atoms with Gasteiger partial charge in [-0.3, -0.25) is 0 Å². The molecule has 2 aliphatic rings. The van der Waals surface area contributed by atoms with Crippen molar-refractivity contribution < 1.29 is 0 Å². The molecule has 4 nitrogen and oxygen atoms in total. The molecular formula is C16H26N4. The Morgan fingerprint density at radius 2 is 1.90 bits per heavy atom. The van der Waals surface area contributed by atoms with E-state index in [2.05, 4.69) is 35.2 Å². The van der Waals surface area contributed by atoms with Crippen molar-refractivity contribution in [1.82, 2.24) is 9.97 Å². The fraction of sp³-hybridized carbons (Fsp3) is 0.750. The first-order valence-electron chi connectivity index (χ1n) is 8.13. The number of nitrogens with one attached hydrogen (secondary N) is 1. The van der Waals surface area contributed by atoms with Crippen molar-refractivity contribution in [3.05, 3.63) is 11.9 Å². The summed E-state index contributed by atoms with van der Waals surface area (Å²) in [5, 5.41) is 3.35. The minimum Gasteiger partial charge on any atom is -0.370 e. The van der Waals surface area contributed by atoms with Crippen LogP contribution in [0.2, 0.25) is 0 Å². The second kappa shape index (κ2) is 5.98. The van der Waals surface area contributed by atoms with Crippen molar-refractivity contribution >= 4 is 11.6 Å². The van der Waals surface area contributed by atoms with Crippen LogP contribution < -0.4 is 10.2 Å². The summed E-state index contributed by atoms with van der Waals surface area (Å²) >= 11 is 0. The predicted molar refractivity (Wildman–Crippen MR) is 83.4 cm³/mol. The van der Waals surface area contributed by atoms with E-state index in [0.29, 0.717) is 12.0 Å². The van der Waals surface area contributed by atoms with E-state index in [4.69, 9.17) is 4.98 Å². The van der Waals surface area contributed by atoms with Crippen LogP contribution in [0.3, 0.4) is 0 Å². The maximum Gasteiger partial charge on any atom is 0.136 e. The molecule has 0 saturated heterocycles. The number of hydrogen-bond acceptors (Lipinski definition) is 4. The molecule has 0 radical (unpaired) electrons. The summed E-state index contributed by atoms with van der Waals surface area (Å²) < 4.78 is 0. The highest BCUT2D eigenvalue weighted by Crippen LogP contribution is 2.39. The lowest BCUT2D eigenvalue weighted by atomic mass is 9.94. The monoisotopic (exact) mass is 274 g/mol. The van der Waals surface area contributed by atoms with Gasteiger partial charge in [0, 0.05) is 31.6 Å². The molecule has 0 unspecified atom stereocenters. The topological polar surface area (TPSA) is 41.0 Å². The molecule has 2 saturated carbocycles. The van der Waals surface area contributed by atoms with E-state index in [1.165, 1.54) is 44.9 Å². The van der Waals surface area contributed by atoms with E-state index in [1.807, 2.05) is 0 Å². The van der Waals surface area contributed by atoms with Gasteiger partial charge in [0.25, 0.3) is 0 Å². The molecule has 0 atom stereocenters. The molecule has 20 heavy (non-hydrogen) atoms. The smallest absolute Gasteiger partial charge is 0.136 e. The number of nitrogens with zero attached hydrogens (tertiary/aromatic N) is 3. The van der Waals surface area contributed by atoms with Gasteiger partial charge in [0.05, 0.1) is 0 Å². The van der Waals surface area contributed by atoms with Crippen LogP contribution in [0.25, 0.3) is 0 Å². The fourth-order valence-corrected chi connectivity index (χ4v) is 3.08. The lowest BCUT2D eigenvalue weighted by molar-refractivity contribution is 0.425. The molecule has 3 rings (SSSR count). The van der Waals surface area contributed by atoms with Gasteiger partial charge in [0.2, 0.25) is 0 Å². The van der Waals surface area contributed by atoms with Crippen LogP contribution >= 0.6 is 0 Å². The Bertz CT molecular complexity index is 450. The Balaban J connectivity index is 1.82. The Kier molecular flexibility index (Phi) is 4.08. The van der Waals surface area contributed by atoms with Crippen LogP contribution in [-0.4, -0.2) is 29.6 Å². The van der Waals surface area contributed by atoms with Gasteiger partial charge in [-0.15, -0.1) is 0 Å². The van der Waals surface area contributed by atoms with Gasteiger partial charge < -0.3 is 10.2 Å². The highest BCUT2D eigenvalue weighted by molar-refractivity contribution is 5.50. The quantitative estimate of drug-likeness (QED) is 0.891. The predicted octanol–water partition coefficient (Wildman–Crippen LogP) is 3.55. The van der Waals surface area contributed by atoms with Crippen LogP contribution in [0.5, 0.6) is 0 Å². The summed E-state index contributed by atoms with van der Waals surface area (Å²) in [5.74, 6) is 3.74. The van der Waals surface area contributed by atoms with Gasteiger partial charge in [-0.25, -0.2) is 9.97 Å². The highest BCUT2D eigenvalue weighted by Gasteiger charge is 2.28. The van der Waals surface area contributed by atoms with Crippen LogP contribution in [-0.2, 0) is 0 Å². The lowest BCUT2D eigenvalue weighted by Gasteiger charge is -2.32. The summed E-state index contributed by atoms with van der Waals surface area (Å²) in [7, 11) is 2.20. The average Bonchev–Trinajstić information content (AvgIpc) is 3.32. The molecule has 0 aliphatic heterocycles. The first-order chi connectivity index (χ1) is 9.78. The number of aromatic nitrogens is 2. The van der Waals surface area contributed by atoms with E-state index in [1.54, 1.807) is 0 Å². The molecule has 1 aromatic rings. The first-order valence-corrected chi connectivity index (χ1v) is 8.13. The van der Waals surface area contributed by atoms with Crippen LogP contribution in [0.1, 0.15) is 63.6 Å². The zero-order chi connectivity index (χ0) is 13.9. The van der Waals surface area contributed by atoms with E-state index in [9.17, 15) is 0 Å². The van der Waals surface area contributed by atoms with E-state index < -0.39 is 0 Å². The zero-order valence-electron chi connectivity index (χ0n) is 12.7. The molecule has 4 heteroatoms. The van der Waals surface area contributed by atoms with Gasteiger partial charge in [-0.05, 0) is 32.6 Å². The summed E-state index contributed by atoms with van der Waals surface area (Å²) in [6, 6.07) is 2.77. The van der Waals surface area contributed by atoms with Crippen LogP contribution in [0.15, 0.2) is 6.07 Å². The SMILES string of the molecule is CCNc1cc(N(C)C2CCCCC2)nc(C2CC2)n1. The number of anilines is 2. The summed E-state index contributed by atoms with van der Waals surface area (Å²) in [5.41, 5.74) is 0. The van der Waals surface area contributed by atoms with Crippen molar-refractivity contribution in [3.8, 4) is 0 Å². The van der Waals surface area contributed by atoms with E-state index in [-0.39, 0.29) is 0 Å². The third kappa shape index (κ3) is 3.05. The van der Waals surface area contributed by atoms with Gasteiger partial charge in [-0.2, -0.15) is 0 Å². The van der Waals surface area contributed by atoms with E-state index in [0.717, 1.165) is 24.0 Å². The molecule has 110 valence electrons. The first kappa shape index (κ1) is 13.7. The van der Waals surface area contributed by atoms with Gasteiger partial charge in [0.15, 0.2) is 0 Å². The summed E-state index contributed by atoms with van der Waals surface area (Å²) in [6.07, 6.45) is 9.21. The summed E-state index contributed by atoms with van der Waals surface area (Å²) in [6.45, 7) is 3.02. The average molecular weight is 274 g/mol. The van der Waals surface area contributed by atoms with Crippen LogP contribution in [0.4, 0.5) is 11.6 Å². The highest BCUT2D eigenvalue weighted by atomic mass is 15.2. The normalized spacial score (nSPS) is 19.9. The maximum atomic E-state index is 4.83. The van der Waals surface area contributed by atoms with Crippen molar-refractivity contribution in [3.63, 3.8) is 0 Å². The van der Waals surface area contributed by atoms with Crippen LogP contribution in [0, 0.1) is 0 Å². The number of rotatable bonds is 5. The summed E-state index contributed by atoms with van der Waals surface area (Å²) in [4.78, 5) is 11.9. The molecule has 0 bridgehead atoms. The van der Waals surface area contributed by atoms with Gasteiger partial charge >= 0.3 is 0 Å². The van der Waals surface area contributed by atoms with Crippen molar-refractivity contribution in [2.24, 2.45) is 0 Å². The lowest BCUT2D eigenvalue weighted by Crippen LogP contribution is -2.34. The molecule has 2 aliphatic carbocycles. The largest absolute Gasteiger partial charge is 0.370 e. The van der Waals surface area contributed by atoms with Gasteiger partial charge in [0.1, 0.15) is 17.5 Å². The number of hydrogen-bond donors (Lipinski definition) is 1. The van der Waals surface area contributed by atoms with Crippen molar-refractivity contribution in [2.45, 2.75) is 63.8 Å². The molecule has 2 fully saturated rings. The Morgan fingerprint density at radius 3 is 2.55 bits per heavy atom. The third-order valence-corrected chi connectivity index (χ3v) is 4.51. The minimum absolute atomic E-state index is 0.604. The van der Waals surface area contributed by atoms with E-state index >= 15 is 0 Å². The standard InChI is InChI=1S/C16H26N4/c1-3-17-14-11-15(19-16(18-14)12-9-10-12)20(2)13-7-5-4-6-8-13/h11-13H,3-10H2,1-2H3,(H,17,18,19). The van der Waals surface area contributed by atoms with Crippen molar-refractivity contribution in [1.29, 1.82) is 0 Å². The van der Waals surface area contributed by atoms with Gasteiger partial charge in [-0.1, -0.05) is 19.3 Å². The fourth-order valence-electron chi connectivity index (χ4n) is 3.08. The Hall–Kier alpha value is -1.32. The zero-order valence-corrected chi connectivity index (χ0v) is 12.7. The second-order valence-electron chi connectivity index (χ2n) is 6.18. The minimum atomic E-state index is 0.604. The molecule has 1 aromatic heterocycles. The molecule has 0 spiro atoms. The second-order valence-corrected chi connectivity index (χ2v) is 6.18. The molecule has 1 N–H and O–H groups in total. The molecular weight excluding hydrogens is 248 g/mol. The third-order valence-electron chi connectivity index (χ3n) is 4.51. The molecule has 0 amide bonds. The Morgan fingerprint density at radius 1 is 1.15 bits per heavy atom.